The maximum absolute atomic E-state index is 12.5. The predicted octanol–water partition coefficient (Wildman–Crippen LogP) is 3.74. The van der Waals surface area contributed by atoms with Crippen LogP contribution in [0.4, 0.5) is 5.69 Å². The molecule has 0 fully saturated rings. The molecule has 0 atom stereocenters. The number of benzene rings is 3. The first-order valence-corrected chi connectivity index (χ1v) is 11.0. The SMILES string of the molecule is COc1ccc(CNC(=O)c2ccc(NS(=O)(=O)c3ccc(C)cc3)cc2)c(OC)c1. The van der Waals surface area contributed by atoms with Crippen molar-refractivity contribution in [2.24, 2.45) is 0 Å². The zero-order chi connectivity index (χ0) is 22.4. The molecule has 0 aliphatic rings. The van der Waals surface area contributed by atoms with E-state index >= 15 is 0 Å². The average molecular weight is 441 g/mol. The lowest BCUT2D eigenvalue weighted by molar-refractivity contribution is 0.0950. The largest absolute Gasteiger partial charge is 0.497 e. The van der Waals surface area contributed by atoms with E-state index in [4.69, 9.17) is 9.47 Å². The third kappa shape index (κ3) is 5.55. The van der Waals surface area contributed by atoms with Crippen molar-refractivity contribution in [1.29, 1.82) is 0 Å². The Balaban J connectivity index is 1.64. The van der Waals surface area contributed by atoms with E-state index < -0.39 is 10.0 Å². The van der Waals surface area contributed by atoms with Crippen molar-refractivity contribution in [2.75, 3.05) is 18.9 Å². The minimum absolute atomic E-state index is 0.174. The topological polar surface area (TPSA) is 93.7 Å². The number of ether oxygens (including phenoxy) is 2. The highest BCUT2D eigenvalue weighted by molar-refractivity contribution is 7.92. The monoisotopic (exact) mass is 440 g/mol. The van der Waals surface area contributed by atoms with Crippen molar-refractivity contribution in [1.82, 2.24) is 5.32 Å². The average Bonchev–Trinajstić information content (AvgIpc) is 2.77. The Labute approximate surface area is 182 Å². The number of amides is 1. The van der Waals surface area contributed by atoms with Crippen molar-refractivity contribution in [3.05, 3.63) is 83.4 Å². The van der Waals surface area contributed by atoms with Crippen LogP contribution in [0.5, 0.6) is 11.5 Å². The highest BCUT2D eigenvalue weighted by atomic mass is 32.2. The molecule has 3 aromatic rings. The number of nitrogens with one attached hydrogen (secondary N) is 2. The predicted molar refractivity (Wildman–Crippen MR) is 119 cm³/mol. The molecule has 7 nitrogen and oxygen atoms in total. The van der Waals surface area contributed by atoms with E-state index in [1.165, 1.54) is 0 Å². The summed E-state index contributed by atoms with van der Waals surface area (Å²) in [6.07, 6.45) is 0. The van der Waals surface area contributed by atoms with Gasteiger partial charge in [0.25, 0.3) is 15.9 Å². The second-order valence-corrected chi connectivity index (χ2v) is 8.54. The molecule has 3 aromatic carbocycles. The molecule has 0 aromatic heterocycles. The first kappa shape index (κ1) is 22.2. The molecule has 0 spiro atoms. The fraction of sp³-hybridized carbons (Fsp3) is 0.174. The number of aryl methyl sites for hydroxylation is 1. The lowest BCUT2D eigenvalue weighted by Gasteiger charge is -2.12. The maximum Gasteiger partial charge on any atom is 0.261 e. The van der Waals surface area contributed by atoms with Gasteiger partial charge >= 0.3 is 0 Å². The lowest BCUT2D eigenvalue weighted by Crippen LogP contribution is -2.23. The van der Waals surface area contributed by atoms with E-state index in [1.807, 2.05) is 13.0 Å². The molecule has 8 heteroatoms. The minimum atomic E-state index is -3.70. The van der Waals surface area contributed by atoms with Gasteiger partial charge in [-0.3, -0.25) is 9.52 Å². The molecular formula is C23H24N2O5S. The number of hydrogen-bond donors (Lipinski definition) is 2. The van der Waals surface area contributed by atoms with Crippen LogP contribution in [-0.2, 0) is 16.6 Å². The van der Waals surface area contributed by atoms with E-state index in [-0.39, 0.29) is 17.3 Å². The van der Waals surface area contributed by atoms with Crippen LogP contribution in [0, 0.1) is 6.92 Å². The van der Waals surface area contributed by atoms with Crippen molar-refractivity contribution >= 4 is 21.6 Å². The van der Waals surface area contributed by atoms with Crippen molar-refractivity contribution in [3.8, 4) is 11.5 Å². The van der Waals surface area contributed by atoms with E-state index in [0.717, 1.165) is 11.1 Å². The quantitative estimate of drug-likeness (QED) is 0.557. The molecule has 0 saturated carbocycles. The first-order valence-electron chi connectivity index (χ1n) is 9.51. The molecule has 0 aliphatic heterocycles. The van der Waals surface area contributed by atoms with Crippen LogP contribution in [-0.4, -0.2) is 28.5 Å². The molecule has 0 heterocycles. The van der Waals surface area contributed by atoms with Crippen LogP contribution in [0.2, 0.25) is 0 Å². The molecular weight excluding hydrogens is 416 g/mol. The minimum Gasteiger partial charge on any atom is -0.497 e. The Morgan fingerprint density at radius 3 is 2.19 bits per heavy atom. The van der Waals surface area contributed by atoms with Gasteiger partial charge in [-0.25, -0.2) is 8.42 Å². The van der Waals surface area contributed by atoms with Gasteiger partial charge in [0.1, 0.15) is 11.5 Å². The summed E-state index contributed by atoms with van der Waals surface area (Å²) in [4.78, 5) is 12.6. The molecule has 31 heavy (non-hydrogen) atoms. The Morgan fingerprint density at radius 1 is 0.903 bits per heavy atom. The fourth-order valence-electron chi connectivity index (χ4n) is 2.90. The second kappa shape index (κ2) is 9.53. The second-order valence-electron chi connectivity index (χ2n) is 6.86. The van der Waals surface area contributed by atoms with Crippen LogP contribution in [0.1, 0.15) is 21.5 Å². The third-order valence-corrected chi connectivity index (χ3v) is 6.06. The standard InChI is InChI=1S/C23H24N2O5S/c1-16-4-12-21(13-5-16)31(27,28)25-19-9-6-17(7-10-19)23(26)24-15-18-8-11-20(29-2)14-22(18)30-3/h4-14,25H,15H2,1-3H3,(H,24,26). The molecule has 0 aliphatic carbocycles. The van der Waals surface area contributed by atoms with E-state index in [0.29, 0.717) is 22.7 Å². The van der Waals surface area contributed by atoms with Gasteiger partial charge in [0.05, 0.1) is 19.1 Å². The lowest BCUT2D eigenvalue weighted by atomic mass is 10.1. The summed E-state index contributed by atoms with van der Waals surface area (Å²) < 4.78 is 38.0. The molecule has 1 amide bonds. The molecule has 3 rings (SSSR count). The van der Waals surface area contributed by atoms with Gasteiger partial charge in [-0.1, -0.05) is 17.7 Å². The summed E-state index contributed by atoms with van der Waals surface area (Å²) >= 11 is 0. The number of anilines is 1. The van der Waals surface area contributed by atoms with E-state index in [2.05, 4.69) is 10.0 Å². The Bertz CT molecular complexity index is 1160. The number of methoxy groups -OCH3 is 2. The molecule has 0 saturated heterocycles. The Kier molecular flexibility index (Phi) is 6.81. The third-order valence-electron chi connectivity index (χ3n) is 4.66. The molecule has 162 valence electrons. The summed E-state index contributed by atoms with van der Waals surface area (Å²) in [6.45, 7) is 2.16. The summed E-state index contributed by atoms with van der Waals surface area (Å²) in [5.74, 6) is 0.988. The summed E-state index contributed by atoms with van der Waals surface area (Å²) in [5, 5.41) is 2.83. The Hall–Kier alpha value is -3.52. The molecule has 0 unspecified atom stereocenters. The van der Waals surface area contributed by atoms with Crippen molar-refractivity contribution in [3.63, 3.8) is 0 Å². The molecule has 2 N–H and O–H groups in total. The van der Waals surface area contributed by atoms with Gasteiger partial charge in [-0.15, -0.1) is 0 Å². The van der Waals surface area contributed by atoms with Gasteiger partial charge in [0.15, 0.2) is 0 Å². The van der Waals surface area contributed by atoms with Crippen LogP contribution in [0.3, 0.4) is 0 Å². The number of carbonyl (C=O) groups excluding carboxylic acids is 1. The van der Waals surface area contributed by atoms with Crippen LogP contribution in [0.25, 0.3) is 0 Å². The number of rotatable bonds is 8. The highest BCUT2D eigenvalue weighted by Gasteiger charge is 2.14. The fourth-order valence-corrected chi connectivity index (χ4v) is 3.96. The van der Waals surface area contributed by atoms with E-state index in [9.17, 15) is 13.2 Å². The zero-order valence-electron chi connectivity index (χ0n) is 17.5. The maximum atomic E-state index is 12.5. The number of carbonyl (C=O) groups is 1. The highest BCUT2D eigenvalue weighted by Crippen LogP contribution is 2.24. The van der Waals surface area contributed by atoms with Crippen LogP contribution < -0.4 is 19.5 Å². The number of sulfonamides is 1. The van der Waals surface area contributed by atoms with Crippen molar-refractivity contribution in [2.45, 2.75) is 18.4 Å². The summed E-state index contributed by atoms with van der Waals surface area (Å²) in [6, 6.07) is 18.2. The molecule has 0 bridgehead atoms. The van der Waals surface area contributed by atoms with Gasteiger partial charge in [0.2, 0.25) is 0 Å². The van der Waals surface area contributed by atoms with Gasteiger partial charge in [-0.05, 0) is 55.5 Å². The summed E-state index contributed by atoms with van der Waals surface area (Å²) in [7, 11) is -0.575. The van der Waals surface area contributed by atoms with Gasteiger partial charge in [-0.2, -0.15) is 0 Å². The first-order chi connectivity index (χ1) is 14.8. The van der Waals surface area contributed by atoms with Crippen LogP contribution in [0.15, 0.2) is 71.6 Å². The Morgan fingerprint density at radius 2 is 1.58 bits per heavy atom. The summed E-state index contributed by atoms with van der Waals surface area (Å²) in [5.41, 5.74) is 2.56. The zero-order valence-corrected chi connectivity index (χ0v) is 18.3. The normalized spacial score (nSPS) is 10.9. The smallest absolute Gasteiger partial charge is 0.261 e. The number of hydrogen-bond acceptors (Lipinski definition) is 5. The van der Waals surface area contributed by atoms with Gasteiger partial charge < -0.3 is 14.8 Å². The van der Waals surface area contributed by atoms with Gasteiger partial charge in [0, 0.05) is 29.4 Å². The van der Waals surface area contributed by atoms with Crippen molar-refractivity contribution < 1.29 is 22.7 Å². The van der Waals surface area contributed by atoms with E-state index in [1.54, 1.807) is 74.9 Å². The molecule has 0 radical (unpaired) electrons. The van der Waals surface area contributed by atoms with Crippen LogP contribution >= 0.6 is 0 Å².